The van der Waals surface area contributed by atoms with Gasteiger partial charge >= 0.3 is 0 Å². The van der Waals surface area contributed by atoms with Crippen LogP contribution >= 0.6 is 24.0 Å². The monoisotopic (exact) mass is 465 g/mol. The van der Waals surface area contributed by atoms with Gasteiger partial charge in [0.15, 0.2) is 17.5 Å². The van der Waals surface area contributed by atoms with Crippen LogP contribution in [0.3, 0.4) is 0 Å². The van der Waals surface area contributed by atoms with Crippen LogP contribution in [0, 0.1) is 0 Å². The number of aliphatic imine (C=N–C) groups is 1. The van der Waals surface area contributed by atoms with Gasteiger partial charge in [-0.15, -0.1) is 24.0 Å². The third kappa shape index (κ3) is 10.4. The van der Waals surface area contributed by atoms with E-state index >= 15 is 0 Å². The molecular weight excluding hydrogens is 433 g/mol. The summed E-state index contributed by atoms with van der Waals surface area (Å²) < 4.78 is 16.7. The first kappa shape index (κ1) is 23.8. The number of para-hydroxylation sites is 2. The predicted molar refractivity (Wildman–Crippen MR) is 114 cm³/mol. The van der Waals surface area contributed by atoms with Crippen LogP contribution in [0.5, 0.6) is 11.5 Å². The zero-order valence-corrected chi connectivity index (χ0v) is 18.2. The fourth-order valence-corrected chi connectivity index (χ4v) is 2.03. The van der Waals surface area contributed by atoms with Gasteiger partial charge in [-0.2, -0.15) is 0 Å². The molecule has 1 aromatic carbocycles. The van der Waals surface area contributed by atoms with Crippen LogP contribution in [0.25, 0.3) is 0 Å². The molecule has 0 aliphatic rings. The van der Waals surface area contributed by atoms with Crippen LogP contribution in [0.2, 0.25) is 0 Å². The average Bonchev–Trinajstić information content (AvgIpc) is 2.57. The van der Waals surface area contributed by atoms with Crippen LogP contribution in [-0.4, -0.2) is 52.0 Å². The van der Waals surface area contributed by atoms with Gasteiger partial charge in [-0.05, 0) is 39.3 Å². The number of hydrogen-bond acceptors (Lipinski definition) is 4. The molecule has 0 aliphatic heterocycles. The Labute approximate surface area is 168 Å². The van der Waals surface area contributed by atoms with Gasteiger partial charge in [-0.1, -0.05) is 12.1 Å². The number of guanidine groups is 1. The molecule has 0 spiro atoms. The SMILES string of the molecule is CN=C(NCCCOC(C)C)NCC(C)Oc1ccccc1OC.I. The van der Waals surface area contributed by atoms with E-state index in [0.29, 0.717) is 6.54 Å². The molecule has 2 N–H and O–H groups in total. The molecule has 0 aromatic heterocycles. The van der Waals surface area contributed by atoms with E-state index in [1.165, 1.54) is 0 Å². The van der Waals surface area contributed by atoms with Crippen molar-refractivity contribution in [3.63, 3.8) is 0 Å². The largest absolute Gasteiger partial charge is 0.493 e. The van der Waals surface area contributed by atoms with Crippen molar-refractivity contribution in [2.75, 3.05) is 33.9 Å². The number of benzene rings is 1. The second-order valence-electron chi connectivity index (χ2n) is 5.73. The van der Waals surface area contributed by atoms with Crippen molar-refractivity contribution in [3.8, 4) is 11.5 Å². The number of rotatable bonds is 10. The molecule has 1 atom stereocenters. The normalized spacial score (nSPS) is 12.3. The fourth-order valence-electron chi connectivity index (χ4n) is 2.03. The molecule has 0 saturated heterocycles. The lowest BCUT2D eigenvalue weighted by Gasteiger charge is -2.19. The Balaban J connectivity index is 0.00000576. The summed E-state index contributed by atoms with van der Waals surface area (Å²) in [6.45, 7) is 8.28. The quantitative estimate of drug-likeness (QED) is 0.241. The second kappa shape index (κ2) is 14.0. The molecule has 1 aromatic rings. The van der Waals surface area contributed by atoms with E-state index in [-0.39, 0.29) is 36.2 Å². The first-order valence-corrected chi connectivity index (χ1v) is 8.42. The minimum atomic E-state index is -0.0240. The van der Waals surface area contributed by atoms with Crippen molar-refractivity contribution in [2.45, 2.75) is 39.4 Å². The Kier molecular flexibility index (Phi) is 13.3. The van der Waals surface area contributed by atoms with E-state index in [4.69, 9.17) is 14.2 Å². The molecule has 1 unspecified atom stereocenters. The van der Waals surface area contributed by atoms with Crippen molar-refractivity contribution in [1.29, 1.82) is 0 Å². The summed E-state index contributed by atoms with van der Waals surface area (Å²) in [5, 5.41) is 6.52. The maximum absolute atomic E-state index is 5.91. The lowest BCUT2D eigenvalue weighted by atomic mass is 10.3. The number of halogens is 1. The minimum Gasteiger partial charge on any atom is -0.493 e. The summed E-state index contributed by atoms with van der Waals surface area (Å²) in [4.78, 5) is 4.21. The van der Waals surface area contributed by atoms with Crippen molar-refractivity contribution in [1.82, 2.24) is 10.6 Å². The summed E-state index contributed by atoms with van der Waals surface area (Å²) in [5.41, 5.74) is 0. The average molecular weight is 465 g/mol. The molecule has 7 heteroatoms. The van der Waals surface area contributed by atoms with E-state index in [0.717, 1.165) is 37.0 Å². The zero-order chi connectivity index (χ0) is 17.8. The zero-order valence-electron chi connectivity index (χ0n) is 15.9. The molecule has 0 aliphatic carbocycles. The molecule has 0 fully saturated rings. The first-order valence-electron chi connectivity index (χ1n) is 8.42. The highest BCUT2D eigenvalue weighted by molar-refractivity contribution is 14.0. The Morgan fingerprint density at radius 1 is 1.12 bits per heavy atom. The summed E-state index contributed by atoms with van der Waals surface area (Å²) in [7, 11) is 3.39. The number of nitrogens with zero attached hydrogens (tertiary/aromatic N) is 1. The number of nitrogens with one attached hydrogen (secondary N) is 2. The highest BCUT2D eigenvalue weighted by Gasteiger charge is 2.09. The Morgan fingerprint density at radius 3 is 2.40 bits per heavy atom. The molecule has 6 nitrogen and oxygen atoms in total. The Morgan fingerprint density at radius 2 is 1.80 bits per heavy atom. The minimum absolute atomic E-state index is 0. The molecular formula is C18H32IN3O3. The van der Waals surface area contributed by atoms with Crippen molar-refractivity contribution in [2.24, 2.45) is 4.99 Å². The fraction of sp³-hybridized carbons (Fsp3) is 0.611. The first-order chi connectivity index (χ1) is 11.6. The number of ether oxygens (including phenoxy) is 3. The standard InChI is InChI=1S/C18H31N3O3.HI/c1-14(2)23-12-8-11-20-18(19-4)21-13-15(3)24-17-10-7-6-9-16(17)22-5;/h6-7,9-10,14-15H,8,11-13H2,1-5H3,(H2,19,20,21);1H. The van der Waals surface area contributed by atoms with Crippen molar-refractivity contribution >= 4 is 29.9 Å². The van der Waals surface area contributed by atoms with E-state index in [2.05, 4.69) is 15.6 Å². The molecule has 0 radical (unpaired) electrons. The van der Waals surface area contributed by atoms with Crippen molar-refractivity contribution < 1.29 is 14.2 Å². The topological polar surface area (TPSA) is 64.1 Å². The number of methoxy groups -OCH3 is 1. The smallest absolute Gasteiger partial charge is 0.191 e. The molecule has 144 valence electrons. The summed E-state index contributed by atoms with van der Waals surface area (Å²) in [5.74, 6) is 2.23. The molecule has 25 heavy (non-hydrogen) atoms. The molecule has 0 heterocycles. The third-order valence-electron chi connectivity index (χ3n) is 3.24. The number of hydrogen-bond donors (Lipinski definition) is 2. The van der Waals surface area contributed by atoms with Gasteiger partial charge in [0, 0.05) is 20.2 Å². The highest BCUT2D eigenvalue weighted by Crippen LogP contribution is 2.26. The maximum atomic E-state index is 5.91. The molecule has 0 amide bonds. The van der Waals surface area contributed by atoms with E-state index in [1.54, 1.807) is 14.2 Å². The van der Waals surface area contributed by atoms with Crippen LogP contribution in [0.15, 0.2) is 29.3 Å². The van der Waals surface area contributed by atoms with Gasteiger partial charge in [-0.25, -0.2) is 0 Å². The summed E-state index contributed by atoms with van der Waals surface area (Å²) in [6, 6.07) is 7.63. The molecule has 0 bridgehead atoms. The summed E-state index contributed by atoms with van der Waals surface area (Å²) in [6.07, 6.45) is 1.19. The van der Waals surface area contributed by atoms with Gasteiger partial charge in [0.05, 0.1) is 19.8 Å². The Hall–Kier alpha value is -1.22. The second-order valence-corrected chi connectivity index (χ2v) is 5.73. The maximum Gasteiger partial charge on any atom is 0.191 e. The third-order valence-corrected chi connectivity index (χ3v) is 3.24. The highest BCUT2D eigenvalue weighted by atomic mass is 127. The lowest BCUT2D eigenvalue weighted by Crippen LogP contribution is -2.42. The van der Waals surface area contributed by atoms with E-state index in [1.807, 2.05) is 45.0 Å². The lowest BCUT2D eigenvalue weighted by molar-refractivity contribution is 0.0776. The van der Waals surface area contributed by atoms with Gasteiger partial charge in [-0.3, -0.25) is 4.99 Å². The Bertz CT molecular complexity index is 498. The van der Waals surface area contributed by atoms with Gasteiger partial charge in [0.25, 0.3) is 0 Å². The van der Waals surface area contributed by atoms with E-state index in [9.17, 15) is 0 Å². The molecule has 0 saturated carbocycles. The van der Waals surface area contributed by atoms with E-state index < -0.39 is 0 Å². The summed E-state index contributed by atoms with van der Waals surface area (Å²) >= 11 is 0. The van der Waals surface area contributed by atoms with Crippen LogP contribution in [0.1, 0.15) is 27.2 Å². The predicted octanol–water partition coefficient (Wildman–Crippen LogP) is 3.06. The van der Waals surface area contributed by atoms with Gasteiger partial charge in [0.1, 0.15) is 6.10 Å². The van der Waals surface area contributed by atoms with Crippen molar-refractivity contribution in [3.05, 3.63) is 24.3 Å². The van der Waals surface area contributed by atoms with Gasteiger partial charge in [0.2, 0.25) is 0 Å². The van der Waals surface area contributed by atoms with Crippen LogP contribution in [-0.2, 0) is 4.74 Å². The van der Waals surface area contributed by atoms with Crippen LogP contribution in [0.4, 0.5) is 0 Å². The molecule has 1 rings (SSSR count). The van der Waals surface area contributed by atoms with Crippen LogP contribution < -0.4 is 20.1 Å². The van der Waals surface area contributed by atoms with Gasteiger partial charge < -0.3 is 24.8 Å².